The van der Waals surface area contributed by atoms with E-state index >= 15 is 0 Å². The molecule has 0 aromatic carbocycles. The molecular formula is C22H31N5O3S. The summed E-state index contributed by atoms with van der Waals surface area (Å²) in [6.45, 7) is 6.52. The largest absolute Gasteiger partial charge is 0.495 e. The van der Waals surface area contributed by atoms with Gasteiger partial charge in [-0.2, -0.15) is 4.37 Å². The van der Waals surface area contributed by atoms with Crippen molar-refractivity contribution >= 4 is 22.6 Å². The van der Waals surface area contributed by atoms with Crippen LogP contribution < -0.4 is 15.4 Å². The Morgan fingerprint density at radius 3 is 2.84 bits per heavy atom. The molecule has 1 aliphatic carbocycles. The fourth-order valence-corrected chi connectivity index (χ4v) is 5.46. The monoisotopic (exact) mass is 445 g/mol. The lowest BCUT2D eigenvalue weighted by molar-refractivity contribution is -0.0680. The number of hydrogen-bond acceptors (Lipinski definition) is 7. The molecule has 2 atom stereocenters. The molecule has 31 heavy (non-hydrogen) atoms. The fraction of sp³-hybridized carbons (Fsp3) is 0.591. The molecule has 168 valence electrons. The van der Waals surface area contributed by atoms with Crippen LogP contribution in [0.1, 0.15) is 43.5 Å². The van der Waals surface area contributed by atoms with Gasteiger partial charge in [-0.15, -0.1) is 0 Å². The molecule has 2 aromatic heterocycles. The van der Waals surface area contributed by atoms with Gasteiger partial charge in [0.15, 0.2) is 0 Å². The minimum atomic E-state index is -0.505. The highest BCUT2D eigenvalue weighted by molar-refractivity contribution is 7.10. The number of hydrogen-bond donors (Lipinski definition) is 3. The predicted molar refractivity (Wildman–Crippen MR) is 121 cm³/mol. The van der Waals surface area contributed by atoms with Gasteiger partial charge in [0.2, 0.25) is 0 Å². The number of carbonyl (C=O) groups excluding carboxylic acids is 1. The maximum Gasteiger partial charge on any atom is 0.320 e. The summed E-state index contributed by atoms with van der Waals surface area (Å²) in [6, 6.07) is 5.54. The van der Waals surface area contributed by atoms with Crippen LogP contribution in [-0.2, 0) is 0 Å². The number of aromatic nitrogens is 2. The van der Waals surface area contributed by atoms with Crippen molar-refractivity contribution in [1.29, 1.82) is 0 Å². The Morgan fingerprint density at radius 2 is 2.23 bits per heavy atom. The number of likely N-dealkylation sites (tertiary alicyclic amines) is 1. The van der Waals surface area contributed by atoms with Crippen molar-refractivity contribution in [3.63, 3.8) is 0 Å². The molecule has 0 bridgehead atoms. The van der Waals surface area contributed by atoms with Gasteiger partial charge in [-0.3, -0.25) is 10.3 Å². The number of methoxy groups -OCH3 is 1. The van der Waals surface area contributed by atoms with E-state index in [1.54, 1.807) is 13.3 Å². The van der Waals surface area contributed by atoms with Gasteiger partial charge < -0.3 is 20.1 Å². The highest BCUT2D eigenvalue weighted by atomic mass is 32.1. The van der Waals surface area contributed by atoms with Gasteiger partial charge in [0, 0.05) is 37.3 Å². The topological polar surface area (TPSA) is 99.6 Å². The van der Waals surface area contributed by atoms with Crippen molar-refractivity contribution in [2.75, 3.05) is 32.1 Å². The van der Waals surface area contributed by atoms with Gasteiger partial charge >= 0.3 is 6.03 Å². The summed E-state index contributed by atoms with van der Waals surface area (Å²) in [7, 11) is 1.63. The second-order valence-corrected chi connectivity index (χ2v) is 9.89. The number of aryl methyl sites for hydroxylation is 1. The van der Waals surface area contributed by atoms with Crippen LogP contribution in [0.15, 0.2) is 24.4 Å². The van der Waals surface area contributed by atoms with Crippen LogP contribution in [0, 0.1) is 12.8 Å². The summed E-state index contributed by atoms with van der Waals surface area (Å²) in [6.07, 6.45) is 4.28. The number of ether oxygens (including phenoxy) is 1. The van der Waals surface area contributed by atoms with Crippen molar-refractivity contribution in [2.24, 2.45) is 5.92 Å². The number of carbonyl (C=O) groups is 1. The standard InChI is InChI=1S/C22H31N5O3S/c1-14-8-20(31-26-14)25-21(28)24-19-6-7-27(12-15-9-22(2,29)10-15)13-17(19)18-5-4-16(30-3)11-23-18/h4-5,8,11,15,17,19,29H,6-7,9-10,12-13H2,1-3H3,(H2,24,25,28)/t15?,17-,19+,22?/m0/s1. The second-order valence-electron chi connectivity index (χ2n) is 9.09. The van der Waals surface area contributed by atoms with Crippen LogP contribution in [0.25, 0.3) is 0 Å². The average Bonchev–Trinajstić information content (AvgIpc) is 3.12. The highest BCUT2D eigenvalue weighted by Crippen LogP contribution is 2.38. The van der Waals surface area contributed by atoms with Crippen molar-refractivity contribution in [3.8, 4) is 5.75 Å². The lowest BCUT2D eigenvalue weighted by atomic mass is 9.71. The molecular weight excluding hydrogens is 414 g/mol. The first-order valence-electron chi connectivity index (χ1n) is 10.8. The molecule has 2 aliphatic rings. The smallest absolute Gasteiger partial charge is 0.320 e. The number of nitrogens with one attached hydrogen (secondary N) is 2. The minimum absolute atomic E-state index is 0.0179. The van der Waals surface area contributed by atoms with Gasteiger partial charge in [0.05, 0.1) is 24.6 Å². The zero-order valence-corrected chi connectivity index (χ0v) is 19.1. The van der Waals surface area contributed by atoms with E-state index in [-0.39, 0.29) is 18.0 Å². The van der Waals surface area contributed by atoms with Gasteiger partial charge in [-0.05, 0) is 68.8 Å². The summed E-state index contributed by atoms with van der Waals surface area (Å²) in [5.74, 6) is 1.33. The van der Waals surface area contributed by atoms with Crippen LogP contribution in [0.4, 0.5) is 9.80 Å². The fourth-order valence-electron chi connectivity index (χ4n) is 4.81. The first-order chi connectivity index (χ1) is 14.8. The molecule has 1 aliphatic heterocycles. The van der Waals surface area contributed by atoms with Gasteiger partial charge in [-0.25, -0.2) is 4.79 Å². The Kier molecular flexibility index (Phi) is 6.45. The third kappa shape index (κ3) is 5.53. The Hall–Kier alpha value is -2.23. The number of rotatable bonds is 6. The summed E-state index contributed by atoms with van der Waals surface area (Å²) < 4.78 is 9.46. The Morgan fingerprint density at radius 1 is 1.42 bits per heavy atom. The van der Waals surface area contributed by atoms with Crippen LogP contribution >= 0.6 is 11.5 Å². The lowest BCUT2D eigenvalue weighted by Crippen LogP contribution is -2.53. The van der Waals surface area contributed by atoms with E-state index in [1.807, 2.05) is 32.0 Å². The number of piperidine rings is 1. The number of aliphatic hydroxyl groups is 1. The zero-order chi connectivity index (χ0) is 22.0. The zero-order valence-electron chi connectivity index (χ0n) is 18.3. The number of nitrogens with zero attached hydrogens (tertiary/aromatic N) is 3. The molecule has 0 unspecified atom stereocenters. The van der Waals surface area contributed by atoms with Crippen LogP contribution in [0.3, 0.4) is 0 Å². The number of pyridine rings is 1. The van der Waals surface area contributed by atoms with Crippen molar-refractivity contribution in [3.05, 3.63) is 35.8 Å². The maximum atomic E-state index is 12.6. The average molecular weight is 446 g/mol. The molecule has 3 N–H and O–H groups in total. The Balaban J connectivity index is 1.43. The van der Waals surface area contributed by atoms with E-state index < -0.39 is 5.60 Å². The summed E-state index contributed by atoms with van der Waals surface area (Å²) >= 11 is 1.28. The molecule has 1 saturated heterocycles. The van der Waals surface area contributed by atoms with Crippen LogP contribution in [-0.4, -0.2) is 63.8 Å². The quantitative estimate of drug-likeness (QED) is 0.632. The first-order valence-corrected chi connectivity index (χ1v) is 11.5. The molecule has 9 heteroatoms. The molecule has 0 radical (unpaired) electrons. The van der Waals surface area contributed by atoms with Gasteiger partial charge in [-0.1, -0.05) is 0 Å². The van der Waals surface area contributed by atoms with Crippen molar-refractivity contribution in [1.82, 2.24) is 19.6 Å². The minimum Gasteiger partial charge on any atom is -0.495 e. The highest BCUT2D eigenvalue weighted by Gasteiger charge is 2.40. The maximum absolute atomic E-state index is 12.6. The first kappa shape index (κ1) is 22.0. The third-order valence-corrected chi connectivity index (χ3v) is 7.02. The molecule has 2 fully saturated rings. The van der Waals surface area contributed by atoms with Crippen LogP contribution in [0.2, 0.25) is 0 Å². The van der Waals surface area contributed by atoms with Crippen molar-refractivity contribution in [2.45, 2.75) is 50.7 Å². The van der Waals surface area contributed by atoms with Gasteiger partial charge in [0.1, 0.15) is 10.8 Å². The molecule has 2 amide bonds. The Labute approximate surface area is 187 Å². The van der Waals surface area contributed by atoms with Crippen LogP contribution in [0.5, 0.6) is 5.75 Å². The number of urea groups is 1. The predicted octanol–water partition coefficient (Wildman–Crippen LogP) is 3.00. The van der Waals surface area contributed by atoms with Crippen molar-refractivity contribution < 1.29 is 14.6 Å². The van der Waals surface area contributed by atoms with Gasteiger partial charge in [0.25, 0.3) is 0 Å². The van der Waals surface area contributed by atoms with E-state index in [9.17, 15) is 9.90 Å². The van der Waals surface area contributed by atoms with E-state index in [2.05, 4.69) is 24.9 Å². The number of amides is 2. The van der Waals surface area contributed by atoms with E-state index in [1.165, 1.54) is 11.5 Å². The molecule has 4 rings (SSSR count). The lowest BCUT2D eigenvalue weighted by Gasteiger charge is -2.46. The Bertz CT molecular complexity index is 893. The normalized spacial score (nSPS) is 28.6. The summed E-state index contributed by atoms with van der Waals surface area (Å²) in [5, 5.41) is 16.9. The SMILES string of the molecule is COc1ccc([C@@H]2CN(CC3CC(C)(O)C3)CC[C@H]2NC(=O)Nc2cc(C)ns2)nc1. The molecule has 8 nitrogen and oxygen atoms in total. The second kappa shape index (κ2) is 9.10. The third-order valence-electron chi connectivity index (χ3n) is 6.23. The molecule has 1 saturated carbocycles. The molecule has 2 aromatic rings. The summed E-state index contributed by atoms with van der Waals surface area (Å²) in [4.78, 5) is 19.7. The van der Waals surface area contributed by atoms with E-state index in [0.29, 0.717) is 5.92 Å². The molecule has 0 spiro atoms. The number of anilines is 1. The summed E-state index contributed by atoms with van der Waals surface area (Å²) in [5.41, 5.74) is 1.34. The van der Waals surface area contributed by atoms with E-state index in [0.717, 1.165) is 61.0 Å². The van der Waals surface area contributed by atoms with E-state index in [4.69, 9.17) is 4.74 Å². The molecule has 3 heterocycles.